The predicted molar refractivity (Wildman–Crippen MR) is 107 cm³/mol. The molecular weight excluding hydrogens is 356 g/mol. The molecule has 2 aromatic rings. The van der Waals surface area contributed by atoms with Crippen molar-refractivity contribution in [2.45, 2.75) is 25.9 Å². The molecule has 1 aliphatic rings. The van der Waals surface area contributed by atoms with Crippen molar-refractivity contribution in [2.75, 3.05) is 11.6 Å². The van der Waals surface area contributed by atoms with E-state index in [1.807, 2.05) is 60.7 Å². The summed E-state index contributed by atoms with van der Waals surface area (Å²) in [6.45, 7) is 1.72. The molecule has 7 heteroatoms. The van der Waals surface area contributed by atoms with Crippen molar-refractivity contribution in [3.63, 3.8) is 0 Å². The van der Waals surface area contributed by atoms with Gasteiger partial charge in [0.2, 0.25) is 5.91 Å². The van der Waals surface area contributed by atoms with Crippen LogP contribution in [0.3, 0.4) is 0 Å². The van der Waals surface area contributed by atoms with E-state index < -0.39 is 11.9 Å². The number of nitrogens with zero attached hydrogens (tertiary/aromatic N) is 2. The quantitative estimate of drug-likeness (QED) is 0.766. The lowest BCUT2D eigenvalue weighted by Gasteiger charge is -2.20. The van der Waals surface area contributed by atoms with Gasteiger partial charge in [-0.2, -0.15) is 5.10 Å². The number of carbonyl (C=O) groups is 3. The third-order valence-corrected chi connectivity index (χ3v) is 4.40. The van der Waals surface area contributed by atoms with Gasteiger partial charge in [-0.15, -0.1) is 0 Å². The molecule has 28 heavy (non-hydrogen) atoms. The number of hydrazone groups is 1. The summed E-state index contributed by atoms with van der Waals surface area (Å²) in [5, 5.41) is 11.2. The summed E-state index contributed by atoms with van der Waals surface area (Å²) in [6.07, 6.45) is 0.210. The Morgan fingerprint density at radius 1 is 1.00 bits per heavy atom. The summed E-state index contributed by atoms with van der Waals surface area (Å²) in [7, 11) is 0. The van der Waals surface area contributed by atoms with E-state index in [9.17, 15) is 14.4 Å². The molecule has 0 saturated heterocycles. The van der Waals surface area contributed by atoms with Crippen LogP contribution in [0.15, 0.2) is 65.8 Å². The van der Waals surface area contributed by atoms with Gasteiger partial charge in [0.05, 0.1) is 12.2 Å². The third-order valence-electron chi connectivity index (χ3n) is 4.40. The molecule has 0 spiro atoms. The van der Waals surface area contributed by atoms with Crippen LogP contribution in [0.1, 0.15) is 18.9 Å². The lowest BCUT2D eigenvalue weighted by molar-refractivity contribution is -0.123. The summed E-state index contributed by atoms with van der Waals surface area (Å²) in [5.74, 6) is -0.811. The van der Waals surface area contributed by atoms with Crippen molar-refractivity contribution in [3.05, 3.63) is 66.2 Å². The van der Waals surface area contributed by atoms with E-state index in [1.165, 1.54) is 6.92 Å². The highest BCUT2D eigenvalue weighted by Crippen LogP contribution is 2.24. The Bertz CT molecular complexity index is 881. The van der Waals surface area contributed by atoms with Gasteiger partial charge in [0.1, 0.15) is 11.8 Å². The highest BCUT2D eigenvalue weighted by Gasteiger charge is 2.34. The maximum atomic E-state index is 12.4. The zero-order valence-corrected chi connectivity index (χ0v) is 15.6. The van der Waals surface area contributed by atoms with Crippen LogP contribution in [0.2, 0.25) is 0 Å². The number of hydrogen-bond acceptors (Lipinski definition) is 5. The summed E-state index contributed by atoms with van der Waals surface area (Å²) in [4.78, 5) is 36.3. The number of rotatable bonds is 7. The number of carbonyl (C=O) groups excluding carboxylic acids is 3. The standard InChI is InChI=1S/C21H22N4O3/c1-15(26)19-12-18(24-25(19)17-10-6-3-7-11-17)21(28)23-14-20(27)22-13-16-8-4-2-5-9-16/h2-11,19H,12-14H2,1H3,(H,22,27)(H,23,28). The van der Waals surface area contributed by atoms with Gasteiger partial charge >= 0.3 is 0 Å². The number of anilines is 1. The number of nitrogens with one attached hydrogen (secondary N) is 2. The number of ketones is 1. The normalized spacial score (nSPS) is 15.7. The van der Waals surface area contributed by atoms with Crippen molar-refractivity contribution >= 4 is 29.0 Å². The fourth-order valence-corrected chi connectivity index (χ4v) is 2.90. The molecule has 3 rings (SSSR count). The Kier molecular flexibility index (Phi) is 6.16. The average Bonchev–Trinajstić information content (AvgIpc) is 3.18. The second-order valence-electron chi connectivity index (χ2n) is 6.50. The maximum absolute atomic E-state index is 12.4. The van der Waals surface area contributed by atoms with Gasteiger partial charge in [0.25, 0.3) is 5.91 Å². The lowest BCUT2D eigenvalue weighted by Crippen LogP contribution is -2.39. The van der Waals surface area contributed by atoms with Crippen LogP contribution in [0.25, 0.3) is 0 Å². The molecule has 0 fully saturated rings. The highest BCUT2D eigenvalue weighted by atomic mass is 16.2. The molecule has 0 aromatic heterocycles. The van der Waals surface area contributed by atoms with Crippen molar-refractivity contribution in [1.82, 2.24) is 10.6 Å². The minimum atomic E-state index is -0.518. The fraction of sp³-hybridized carbons (Fsp3) is 0.238. The first kappa shape index (κ1) is 19.3. The van der Waals surface area contributed by atoms with Crippen LogP contribution < -0.4 is 15.6 Å². The smallest absolute Gasteiger partial charge is 0.268 e. The second-order valence-corrected chi connectivity index (χ2v) is 6.50. The summed E-state index contributed by atoms with van der Waals surface area (Å²) in [6, 6.07) is 18.2. The summed E-state index contributed by atoms with van der Waals surface area (Å²) >= 11 is 0. The van der Waals surface area contributed by atoms with Gasteiger partial charge in [-0.1, -0.05) is 48.5 Å². The van der Waals surface area contributed by atoms with Crippen LogP contribution in [-0.2, 0) is 20.9 Å². The first-order valence-corrected chi connectivity index (χ1v) is 9.05. The van der Waals surface area contributed by atoms with E-state index in [0.29, 0.717) is 6.54 Å². The molecule has 1 atom stereocenters. The first-order chi connectivity index (χ1) is 13.5. The van der Waals surface area contributed by atoms with Crippen molar-refractivity contribution in [2.24, 2.45) is 5.10 Å². The van der Waals surface area contributed by atoms with Gasteiger partial charge < -0.3 is 10.6 Å². The molecule has 2 amide bonds. The molecule has 0 aliphatic carbocycles. The molecular formula is C21H22N4O3. The second kappa shape index (κ2) is 8.94. The fourth-order valence-electron chi connectivity index (χ4n) is 2.90. The van der Waals surface area contributed by atoms with Gasteiger partial charge in [0, 0.05) is 13.0 Å². The predicted octanol–water partition coefficient (Wildman–Crippen LogP) is 1.64. The molecule has 2 aromatic carbocycles. The summed E-state index contributed by atoms with van der Waals surface area (Å²) < 4.78 is 0. The monoisotopic (exact) mass is 378 g/mol. The Labute approximate surface area is 163 Å². The summed E-state index contributed by atoms with van der Waals surface area (Å²) in [5.41, 5.74) is 1.95. The third kappa shape index (κ3) is 4.82. The molecule has 1 aliphatic heterocycles. The van der Waals surface area contributed by atoms with Crippen LogP contribution in [-0.4, -0.2) is 35.9 Å². The average molecular weight is 378 g/mol. The molecule has 1 heterocycles. The van der Waals surface area contributed by atoms with Crippen LogP contribution in [0.4, 0.5) is 5.69 Å². The number of hydrogen-bond donors (Lipinski definition) is 2. The highest BCUT2D eigenvalue weighted by molar-refractivity contribution is 6.40. The van der Waals surface area contributed by atoms with Crippen molar-refractivity contribution < 1.29 is 14.4 Å². The molecule has 0 saturated carbocycles. The number of benzene rings is 2. The van der Waals surface area contributed by atoms with E-state index in [1.54, 1.807) is 5.01 Å². The SMILES string of the molecule is CC(=O)C1CC(C(=O)NCC(=O)NCc2ccccc2)=NN1c1ccccc1. The lowest BCUT2D eigenvalue weighted by atomic mass is 10.1. The minimum Gasteiger partial charge on any atom is -0.350 e. The maximum Gasteiger partial charge on any atom is 0.268 e. The van der Waals surface area contributed by atoms with Gasteiger partial charge in [-0.25, -0.2) is 0 Å². The van der Waals surface area contributed by atoms with E-state index in [2.05, 4.69) is 15.7 Å². The Morgan fingerprint density at radius 3 is 2.29 bits per heavy atom. The molecule has 0 radical (unpaired) electrons. The number of amides is 2. The van der Waals surface area contributed by atoms with E-state index in [4.69, 9.17) is 0 Å². The van der Waals surface area contributed by atoms with Crippen LogP contribution in [0, 0.1) is 0 Å². The van der Waals surface area contributed by atoms with E-state index in [0.717, 1.165) is 11.3 Å². The number of para-hydroxylation sites is 1. The topological polar surface area (TPSA) is 90.9 Å². The van der Waals surface area contributed by atoms with Crippen LogP contribution in [0.5, 0.6) is 0 Å². The molecule has 144 valence electrons. The van der Waals surface area contributed by atoms with Crippen molar-refractivity contribution in [1.29, 1.82) is 0 Å². The first-order valence-electron chi connectivity index (χ1n) is 9.05. The van der Waals surface area contributed by atoms with Gasteiger partial charge in [0.15, 0.2) is 5.78 Å². The van der Waals surface area contributed by atoms with Crippen molar-refractivity contribution in [3.8, 4) is 0 Å². The molecule has 0 bridgehead atoms. The number of Topliss-reactive ketones (excluding diaryl/α,β-unsaturated/α-hetero) is 1. The van der Waals surface area contributed by atoms with Gasteiger partial charge in [-0.05, 0) is 24.6 Å². The zero-order valence-electron chi connectivity index (χ0n) is 15.6. The molecule has 2 N–H and O–H groups in total. The Balaban J connectivity index is 1.56. The van der Waals surface area contributed by atoms with E-state index in [-0.39, 0.29) is 30.4 Å². The molecule has 1 unspecified atom stereocenters. The van der Waals surface area contributed by atoms with Gasteiger partial charge in [-0.3, -0.25) is 19.4 Å². The van der Waals surface area contributed by atoms with E-state index >= 15 is 0 Å². The largest absolute Gasteiger partial charge is 0.350 e. The zero-order chi connectivity index (χ0) is 19.9. The Hall–Kier alpha value is -3.48. The minimum absolute atomic E-state index is 0.0731. The Morgan fingerprint density at radius 2 is 1.64 bits per heavy atom. The van der Waals surface area contributed by atoms with Crippen LogP contribution >= 0.6 is 0 Å². The molecule has 7 nitrogen and oxygen atoms in total.